The summed E-state index contributed by atoms with van der Waals surface area (Å²) in [6.45, 7) is 17.4. The lowest BCUT2D eigenvalue weighted by Crippen LogP contribution is -2.62. The Morgan fingerprint density at radius 2 is 1.73 bits per heavy atom. The molecule has 18 heteroatoms. The smallest absolute Gasteiger partial charge is 0.324 e. The summed E-state index contributed by atoms with van der Waals surface area (Å²) in [5.74, 6) is -1.14. The summed E-state index contributed by atoms with van der Waals surface area (Å²) in [5, 5.41) is 5.46. The van der Waals surface area contributed by atoms with Crippen molar-refractivity contribution in [1.29, 1.82) is 0 Å². The topological polar surface area (TPSA) is 164 Å². The third-order valence-electron chi connectivity index (χ3n) is 18.1. The number of pyridine rings is 1. The molecule has 1 unspecified atom stereocenters. The first-order valence-electron chi connectivity index (χ1n) is 29.2. The van der Waals surface area contributed by atoms with E-state index in [0.29, 0.717) is 79.5 Å². The van der Waals surface area contributed by atoms with Crippen molar-refractivity contribution in [3.05, 3.63) is 107 Å². The molecule has 2 N–H and O–H groups in total. The molecule has 5 aromatic rings. The van der Waals surface area contributed by atoms with Crippen LogP contribution in [0.2, 0.25) is 0 Å². The number of esters is 1. The van der Waals surface area contributed by atoms with Gasteiger partial charge in [0.1, 0.15) is 12.1 Å². The van der Waals surface area contributed by atoms with E-state index in [1.54, 1.807) is 13.3 Å². The van der Waals surface area contributed by atoms with Crippen LogP contribution in [0, 0.1) is 29.6 Å². The average Bonchev–Trinajstić information content (AvgIpc) is 4.52. The summed E-state index contributed by atoms with van der Waals surface area (Å²) in [6.07, 6.45) is 3.49. The predicted molar refractivity (Wildman–Crippen MR) is 307 cm³/mol. The second-order valence-corrected chi connectivity index (χ2v) is 26.4. The standard InChI is InChI=1S/C63H78F2N8O7S/c1-9-71-51-21-18-42-32-47(51)48(55(71)46-12-10-24-66-52(46)39(5)79-8)33-62(6,7)36-80-61(77)49-13-11-25-72(68-49)59(75)50(30-40-28-43(42)31-44(29-40)57(64)65)67-58(74)53(37(2)3)69-26-22-63(34-69)23-27-70(35-63)60(76)56-54(41-16-17-41)73(56)81(78)45-19-14-38(4)15-20-45/h10,12,14-15,18-21,24,28-29,31-32,37,39,41,49-50,53-54,56-57,68H,9,11,13,16-17,22-23,25-27,30,33-36H2,1-8H3,(H,67,74)/t39-,49-,50-,53-,54+,56+,63-,73?,81+/m0/s1. The van der Waals surface area contributed by atoms with E-state index < -0.39 is 59.2 Å². The van der Waals surface area contributed by atoms with Gasteiger partial charge in [0.15, 0.2) is 10.9 Å². The number of likely N-dealkylation sites (tertiary alicyclic amines) is 2. The number of amides is 3. The van der Waals surface area contributed by atoms with Gasteiger partial charge in [0.25, 0.3) is 12.3 Å². The number of ether oxygens (including phenoxy) is 2. The van der Waals surface area contributed by atoms with Gasteiger partial charge in [-0.25, -0.2) is 14.2 Å². The van der Waals surface area contributed by atoms with Gasteiger partial charge in [-0.2, -0.15) is 0 Å². The molecule has 2 aromatic heterocycles. The average molecular weight is 1130 g/mol. The van der Waals surface area contributed by atoms with Crippen molar-refractivity contribution in [3.8, 4) is 22.4 Å². The van der Waals surface area contributed by atoms with Crippen LogP contribution in [0.3, 0.4) is 0 Å². The molecule has 1 spiro atoms. The molecular formula is C63H78F2N8O7S. The fourth-order valence-corrected chi connectivity index (χ4v) is 15.1. The van der Waals surface area contributed by atoms with Crippen LogP contribution in [0.15, 0.2) is 83.9 Å². The van der Waals surface area contributed by atoms with E-state index in [1.165, 1.54) is 17.1 Å². The number of carbonyl (C=O) groups excluding carboxylic acids is 4. The molecule has 432 valence electrons. The summed E-state index contributed by atoms with van der Waals surface area (Å²) < 4.78 is 60.5. The lowest BCUT2D eigenvalue weighted by Gasteiger charge is -2.37. The minimum atomic E-state index is -2.83. The normalized spacial score (nSPS) is 26.3. The van der Waals surface area contributed by atoms with Gasteiger partial charge in [0.2, 0.25) is 11.8 Å². The van der Waals surface area contributed by atoms with Crippen LogP contribution in [0.1, 0.15) is 121 Å². The SMILES string of the molecule is CCn1c(-c2cccnc2[C@H](C)OC)c2c3cc(ccc31)-c1cc(cc(C(F)F)c1)C[C@H](NC(=O)[C@H](C(C)C)N1CC[C@]3(CCN(C(=O)[C@H]4[C@@H](C5CC5)N4[S@+]([O-])c4ccc(C)cc4)C3)C1)C(=O)N1CCC[C@H](N1)C(=O)OCC(C)(C)C2. The number of hydrazine groups is 1. The molecule has 6 aliphatic rings. The van der Waals surface area contributed by atoms with Crippen LogP contribution in [-0.2, 0) is 59.4 Å². The van der Waals surface area contributed by atoms with Crippen molar-refractivity contribution in [2.45, 2.75) is 154 Å². The number of fused-ring (bicyclic) bond motifs is 6. The third-order valence-corrected chi connectivity index (χ3v) is 19.6. The fraction of sp³-hybridized carbons (Fsp3) is 0.540. The zero-order chi connectivity index (χ0) is 57.2. The number of hydrogen-bond acceptors (Lipinski definition) is 11. The first-order valence-corrected chi connectivity index (χ1v) is 30.3. The molecule has 0 radical (unpaired) electrons. The molecule has 11 rings (SSSR count). The molecule has 3 amide bonds. The number of alkyl halides is 2. The van der Waals surface area contributed by atoms with Crippen molar-refractivity contribution in [3.63, 3.8) is 0 Å². The van der Waals surface area contributed by atoms with Gasteiger partial charge < -0.3 is 28.8 Å². The molecule has 4 saturated heterocycles. The van der Waals surface area contributed by atoms with Crippen molar-refractivity contribution < 1.29 is 42.0 Å². The number of aromatic nitrogens is 2. The molecule has 3 aromatic carbocycles. The number of aryl methyl sites for hydroxylation is 2. The van der Waals surface area contributed by atoms with Crippen LogP contribution < -0.4 is 10.7 Å². The third kappa shape index (κ3) is 11.4. The Morgan fingerprint density at radius 1 is 0.963 bits per heavy atom. The highest BCUT2D eigenvalue weighted by Crippen LogP contribution is 2.52. The molecule has 5 aliphatic heterocycles. The molecule has 5 fully saturated rings. The Kier molecular flexibility index (Phi) is 16.0. The zero-order valence-corrected chi connectivity index (χ0v) is 48.8. The minimum absolute atomic E-state index is 0.0255. The first-order chi connectivity index (χ1) is 38.8. The van der Waals surface area contributed by atoms with Crippen LogP contribution in [0.25, 0.3) is 33.3 Å². The van der Waals surface area contributed by atoms with Crippen molar-refractivity contribution in [2.24, 2.45) is 22.7 Å². The van der Waals surface area contributed by atoms with Crippen LogP contribution in [0.5, 0.6) is 0 Å². The Balaban J connectivity index is 0.895. The molecular weight excluding hydrogens is 1050 g/mol. The number of nitrogens with zero attached hydrogens (tertiary/aromatic N) is 6. The minimum Gasteiger partial charge on any atom is -0.593 e. The van der Waals surface area contributed by atoms with Gasteiger partial charge in [-0.1, -0.05) is 63.6 Å². The number of methoxy groups -OCH3 is 1. The highest BCUT2D eigenvalue weighted by molar-refractivity contribution is 7.89. The Bertz CT molecular complexity index is 3200. The quantitative estimate of drug-likeness (QED) is 0.0657. The van der Waals surface area contributed by atoms with Gasteiger partial charge in [-0.15, -0.1) is 4.31 Å². The van der Waals surface area contributed by atoms with E-state index in [0.717, 1.165) is 64.7 Å². The number of benzene rings is 3. The van der Waals surface area contributed by atoms with E-state index in [2.05, 4.69) is 47.0 Å². The first kappa shape index (κ1) is 57.1. The van der Waals surface area contributed by atoms with Gasteiger partial charge in [-0.3, -0.25) is 34.1 Å². The number of carbonyl (C=O) groups is 4. The van der Waals surface area contributed by atoms with E-state index in [9.17, 15) is 14.1 Å². The number of hydrogen-bond donors (Lipinski definition) is 2. The van der Waals surface area contributed by atoms with Crippen molar-refractivity contribution in [2.75, 3.05) is 46.4 Å². The lowest BCUT2D eigenvalue weighted by atomic mass is 9.84. The molecule has 9 atom stereocenters. The zero-order valence-electron chi connectivity index (χ0n) is 48.0. The van der Waals surface area contributed by atoms with Gasteiger partial charge in [0, 0.05) is 85.3 Å². The fourth-order valence-electron chi connectivity index (χ4n) is 13.6. The van der Waals surface area contributed by atoms with Crippen molar-refractivity contribution in [1.82, 2.24) is 39.4 Å². The highest BCUT2D eigenvalue weighted by atomic mass is 32.2. The second-order valence-electron chi connectivity index (χ2n) is 25.0. The predicted octanol–water partition coefficient (Wildman–Crippen LogP) is 9.13. The van der Waals surface area contributed by atoms with E-state index in [1.807, 2.05) is 91.5 Å². The number of rotatable bonds is 13. The summed E-state index contributed by atoms with van der Waals surface area (Å²) >= 11 is -1.44. The summed E-state index contributed by atoms with van der Waals surface area (Å²) in [6, 6.07) is 19.3. The Labute approximate surface area is 477 Å². The largest absolute Gasteiger partial charge is 0.593 e. The van der Waals surface area contributed by atoms with Crippen LogP contribution in [0.4, 0.5) is 8.78 Å². The Morgan fingerprint density at radius 3 is 2.44 bits per heavy atom. The maximum atomic E-state index is 15.2. The van der Waals surface area contributed by atoms with Crippen LogP contribution >= 0.6 is 0 Å². The highest BCUT2D eigenvalue weighted by Gasteiger charge is 2.67. The van der Waals surface area contributed by atoms with Gasteiger partial charge in [0.05, 0.1) is 47.5 Å². The number of halogens is 2. The number of cyclic esters (lactones) is 1. The van der Waals surface area contributed by atoms with Crippen LogP contribution in [-0.4, -0.2) is 134 Å². The summed E-state index contributed by atoms with van der Waals surface area (Å²) in [7, 11) is 1.66. The van der Waals surface area contributed by atoms with Crippen molar-refractivity contribution >= 4 is 46.0 Å². The molecule has 7 heterocycles. The van der Waals surface area contributed by atoms with Gasteiger partial charge in [-0.05, 0) is 149 Å². The Hall–Kier alpha value is -5.76. The summed E-state index contributed by atoms with van der Waals surface area (Å²) in [4.78, 5) is 68.4. The summed E-state index contributed by atoms with van der Waals surface area (Å²) in [5.41, 5.74) is 9.43. The van der Waals surface area contributed by atoms with E-state index >= 15 is 18.4 Å². The van der Waals surface area contributed by atoms with E-state index in [-0.39, 0.29) is 60.4 Å². The number of nitrogens with one attached hydrogen (secondary N) is 2. The molecule has 1 aliphatic carbocycles. The monoisotopic (exact) mass is 1130 g/mol. The lowest BCUT2D eigenvalue weighted by molar-refractivity contribution is -0.155. The molecule has 1 saturated carbocycles. The molecule has 15 nitrogen and oxygen atoms in total. The maximum absolute atomic E-state index is 15.2. The maximum Gasteiger partial charge on any atom is 0.324 e. The molecule has 81 heavy (non-hydrogen) atoms. The molecule has 6 bridgehead atoms. The van der Waals surface area contributed by atoms with E-state index in [4.69, 9.17) is 14.5 Å². The second kappa shape index (κ2) is 22.8. The van der Waals surface area contributed by atoms with Gasteiger partial charge >= 0.3 is 5.97 Å².